The van der Waals surface area contributed by atoms with Gasteiger partial charge in [0.1, 0.15) is 12.1 Å². The molecule has 0 saturated heterocycles. The van der Waals surface area contributed by atoms with Crippen LogP contribution in [0.15, 0.2) is 47.3 Å². The van der Waals surface area contributed by atoms with Gasteiger partial charge in [-0.2, -0.15) is 0 Å². The molecule has 1 saturated carbocycles. The van der Waals surface area contributed by atoms with Crippen molar-refractivity contribution in [3.05, 3.63) is 48.6 Å². The zero-order chi connectivity index (χ0) is 20.2. The first kappa shape index (κ1) is 18.9. The summed E-state index contributed by atoms with van der Waals surface area (Å²) in [6, 6.07) is 7.58. The van der Waals surface area contributed by atoms with Crippen molar-refractivity contribution in [2.75, 3.05) is 10.6 Å². The van der Waals surface area contributed by atoms with Crippen molar-refractivity contribution in [3.63, 3.8) is 0 Å². The summed E-state index contributed by atoms with van der Waals surface area (Å²) in [6.07, 6.45) is 8.85. The van der Waals surface area contributed by atoms with Gasteiger partial charge in [-0.3, -0.25) is 4.79 Å². The van der Waals surface area contributed by atoms with Gasteiger partial charge in [0.2, 0.25) is 5.89 Å². The second-order valence-corrected chi connectivity index (χ2v) is 7.06. The van der Waals surface area contributed by atoms with E-state index < -0.39 is 5.91 Å². The van der Waals surface area contributed by atoms with Crippen LogP contribution >= 0.6 is 0 Å². The summed E-state index contributed by atoms with van der Waals surface area (Å²) in [5, 5.41) is 6.46. The third-order valence-corrected chi connectivity index (χ3v) is 4.99. The summed E-state index contributed by atoms with van der Waals surface area (Å²) in [5.41, 5.74) is 13.3. The molecule has 0 aliphatic heterocycles. The minimum atomic E-state index is -0.655. The molecule has 0 radical (unpaired) electrons. The molecule has 0 spiro atoms. The lowest BCUT2D eigenvalue weighted by atomic mass is 9.91. The molecule has 1 fully saturated rings. The maximum absolute atomic E-state index is 11.8. The normalized spacial score (nSPS) is 18.9. The highest BCUT2D eigenvalue weighted by Crippen LogP contribution is 2.25. The molecule has 0 bridgehead atoms. The Morgan fingerprint density at radius 2 is 1.93 bits per heavy atom. The van der Waals surface area contributed by atoms with Crippen LogP contribution in [0.5, 0.6) is 0 Å². The molecule has 2 aromatic heterocycles. The lowest BCUT2D eigenvalue weighted by Gasteiger charge is -2.29. The molecule has 2 atom stereocenters. The fourth-order valence-corrected chi connectivity index (χ4v) is 3.45. The molecular formula is C20H23N7O2. The van der Waals surface area contributed by atoms with E-state index in [2.05, 4.69) is 25.6 Å². The first-order valence-electron chi connectivity index (χ1n) is 9.56. The van der Waals surface area contributed by atoms with E-state index in [1.165, 1.54) is 12.5 Å². The number of aromatic nitrogens is 3. The predicted octanol–water partition coefficient (Wildman–Crippen LogP) is 2.66. The number of nitrogens with zero attached hydrogens (tertiary/aromatic N) is 3. The van der Waals surface area contributed by atoms with Gasteiger partial charge in [-0.15, -0.1) is 0 Å². The number of nitrogens with one attached hydrogen (secondary N) is 2. The first-order valence-corrected chi connectivity index (χ1v) is 9.56. The summed E-state index contributed by atoms with van der Waals surface area (Å²) in [4.78, 5) is 24.6. The van der Waals surface area contributed by atoms with Crippen molar-refractivity contribution < 1.29 is 9.21 Å². The number of hydrogen-bond acceptors (Lipinski definition) is 8. The van der Waals surface area contributed by atoms with Crippen molar-refractivity contribution in [2.45, 2.75) is 37.8 Å². The van der Waals surface area contributed by atoms with E-state index in [0.717, 1.165) is 36.9 Å². The van der Waals surface area contributed by atoms with Crippen LogP contribution in [0.4, 0.5) is 17.3 Å². The van der Waals surface area contributed by atoms with E-state index in [0.29, 0.717) is 11.7 Å². The van der Waals surface area contributed by atoms with Crippen molar-refractivity contribution in [2.24, 2.45) is 11.5 Å². The average molecular weight is 393 g/mol. The zero-order valence-corrected chi connectivity index (χ0v) is 15.8. The number of amides is 1. The number of primary amides is 1. The van der Waals surface area contributed by atoms with E-state index in [4.69, 9.17) is 15.9 Å². The molecule has 1 aliphatic carbocycles. The molecule has 29 heavy (non-hydrogen) atoms. The van der Waals surface area contributed by atoms with E-state index in [9.17, 15) is 4.79 Å². The van der Waals surface area contributed by atoms with Gasteiger partial charge < -0.3 is 26.5 Å². The number of carbonyl (C=O) groups is 1. The molecule has 150 valence electrons. The highest BCUT2D eigenvalue weighted by Gasteiger charge is 2.23. The summed E-state index contributed by atoms with van der Waals surface area (Å²) >= 11 is 0. The molecule has 9 heteroatoms. The second-order valence-electron chi connectivity index (χ2n) is 7.06. The molecule has 0 unspecified atom stereocenters. The van der Waals surface area contributed by atoms with Crippen LogP contribution in [0.25, 0.3) is 11.5 Å². The van der Waals surface area contributed by atoms with Crippen LogP contribution < -0.4 is 22.1 Å². The second kappa shape index (κ2) is 8.27. The standard InChI is InChI=1S/C20H23N7O2/c21-14-3-1-2-4-15(14)26-16-11-24-17(18(22)28)19(27-16)25-13-7-5-12(6-8-13)20-23-9-10-29-20/h5-11,14-15H,1-4,21H2,(H2,22,28)(H2,25,26,27)/t14-,15+/m0/s1. The SMILES string of the molecule is NC(=O)c1ncc(N[C@@H]2CCCC[C@@H]2N)nc1Nc1ccc(-c2ncco2)cc1. The Hall–Kier alpha value is -3.46. The maximum Gasteiger partial charge on any atom is 0.271 e. The number of oxazole rings is 1. The average Bonchev–Trinajstić information content (AvgIpc) is 3.25. The van der Waals surface area contributed by atoms with Gasteiger partial charge in [0.25, 0.3) is 5.91 Å². The van der Waals surface area contributed by atoms with Crippen LogP contribution in [-0.2, 0) is 0 Å². The number of rotatable bonds is 6. The van der Waals surface area contributed by atoms with Crippen LogP contribution in [0.3, 0.4) is 0 Å². The summed E-state index contributed by atoms with van der Waals surface area (Å²) in [7, 11) is 0. The molecule has 1 aliphatic rings. The molecule has 1 amide bonds. The Labute approximate surface area is 167 Å². The summed E-state index contributed by atoms with van der Waals surface area (Å²) in [6.45, 7) is 0. The van der Waals surface area contributed by atoms with Gasteiger partial charge in [0, 0.05) is 23.3 Å². The van der Waals surface area contributed by atoms with Crippen molar-refractivity contribution >= 4 is 23.2 Å². The minimum absolute atomic E-state index is 0.0697. The fourth-order valence-electron chi connectivity index (χ4n) is 3.45. The number of anilines is 3. The predicted molar refractivity (Wildman–Crippen MR) is 110 cm³/mol. The van der Waals surface area contributed by atoms with Gasteiger partial charge in [-0.1, -0.05) is 12.8 Å². The van der Waals surface area contributed by atoms with E-state index in [-0.39, 0.29) is 23.6 Å². The zero-order valence-electron chi connectivity index (χ0n) is 15.8. The Morgan fingerprint density at radius 3 is 2.62 bits per heavy atom. The lowest BCUT2D eigenvalue weighted by molar-refractivity contribution is 0.0996. The van der Waals surface area contributed by atoms with E-state index in [1.54, 1.807) is 6.20 Å². The van der Waals surface area contributed by atoms with Crippen molar-refractivity contribution in [3.8, 4) is 11.5 Å². The van der Waals surface area contributed by atoms with Gasteiger partial charge in [-0.25, -0.2) is 15.0 Å². The molecule has 2 heterocycles. The monoisotopic (exact) mass is 393 g/mol. The van der Waals surface area contributed by atoms with Crippen LogP contribution in [-0.4, -0.2) is 32.9 Å². The van der Waals surface area contributed by atoms with Crippen LogP contribution in [0, 0.1) is 0 Å². The Balaban J connectivity index is 1.55. The smallest absolute Gasteiger partial charge is 0.271 e. The number of benzene rings is 1. The largest absolute Gasteiger partial charge is 0.445 e. The number of carbonyl (C=O) groups excluding carboxylic acids is 1. The summed E-state index contributed by atoms with van der Waals surface area (Å²) < 4.78 is 5.29. The minimum Gasteiger partial charge on any atom is -0.445 e. The van der Waals surface area contributed by atoms with Crippen molar-refractivity contribution in [1.82, 2.24) is 15.0 Å². The quantitative estimate of drug-likeness (QED) is 0.500. The van der Waals surface area contributed by atoms with E-state index in [1.807, 2.05) is 24.3 Å². The van der Waals surface area contributed by atoms with Gasteiger partial charge in [0.15, 0.2) is 11.5 Å². The van der Waals surface area contributed by atoms with Gasteiger partial charge in [-0.05, 0) is 37.1 Å². The molecule has 6 N–H and O–H groups in total. The lowest BCUT2D eigenvalue weighted by Crippen LogP contribution is -2.42. The molecular weight excluding hydrogens is 370 g/mol. The van der Waals surface area contributed by atoms with Crippen LogP contribution in [0.2, 0.25) is 0 Å². The fraction of sp³-hybridized carbons (Fsp3) is 0.300. The Bertz CT molecular complexity index is 973. The Morgan fingerprint density at radius 1 is 1.14 bits per heavy atom. The number of hydrogen-bond donors (Lipinski definition) is 4. The maximum atomic E-state index is 11.8. The molecule has 4 rings (SSSR count). The number of nitrogens with two attached hydrogens (primary N) is 2. The highest BCUT2D eigenvalue weighted by molar-refractivity contribution is 5.96. The summed E-state index contributed by atoms with van der Waals surface area (Å²) in [5.74, 6) is 0.716. The third-order valence-electron chi connectivity index (χ3n) is 4.99. The van der Waals surface area contributed by atoms with Crippen LogP contribution in [0.1, 0.15) is 36.2 Å². The third kappa shape index (κ3) is 4.35. The molecule has 1 aromatic carbocycles. The van der Waals surface area contributed by atoms with E-state index >= 15 is 0 Å². The topological polar surface area (TPSA) is 145 Å². The Kier molecular flexibility index (Phi) is 5.39. The molecule has 3 aromatic rings. The van der Waals surface area contributed by atoms with Gasteiger partial charge >= 0.3 is 0 Å². The first-order chi connectivity index (χ1) is 14.1. The molecule has 9 nitrogen and oxygen atoms in total. The van der Waals surface area contributed by atoms with Crippen molar-refractivity contribution in [1.29, 1.82) is 0 Å². The van der Waals surface area contributed by atoms with Gasteiger partial charge in [0.05, 0.1) is 12.4 Å². The highest BCUT2D eigenvalue weighted by atomic mass is 16.3.